The van der Waals surface area contributed by atoms with E-state index in [1.54, 1.807) is 12.1 Å². The van der Waals surface area contributed by atoms with Crippen molar-refractivity contribution in [2.75, 3.05) is 30.3 Å². The van der Waals surface area contributed by atoms with Gasteiger partial charge in [-0.1, -0.05) is 0 Å². The number of nitrogens with zero attached hydrogens (tertiary/aromatic N) is 1. The maximum absolute atomic E-state index is 11.2. The van der Waals surface area contributed by atoms with Crippen molar-refractivity contribution in [1.29, 1.82) is 0 Å². The largest absolute Gasteiger partial charge is 0.417 e. The summed E-state index contributed by atoms with van der Waals surface area (Å²) < 4.78 is 10.6. The number of fused-ring (bicyclic) bond motifs is 1. The molecule has 0 spiro atoms. The van der Waals surface area contributed by atoms with E-state index in [2.05, 4.69) is 9.88 Å². The van der Waals surface area contributed by atoms with Crippen molar-refractivity contribution in [3.8, 4) is 0 Å². The topological polar surface area (TPSA) is 105 Å². The van der Waals surface area contributed by atoms with E-state index in [0.717, 1.165) is 5.69 Å². The summed E-state index contributed by atoms with van der Waals surface area (Å²) in [5, 5.41) is 9.27. The van der Waals surface area contributed by atoms with Gasteiger partial charge in [0, 0.05) is 19.2 Å². The van der Waals surface area contributed by atoms with E-state index in [4.69, 9.17) is 14.9 Å². The molecule has 0 amide bonds. The lowest BCUT2D eigenvalue weighted by molar-refractivity contribution is -0.0420. The number of hydrogen-bond donors (Lipinski definition) is 3. The zero-order valence-corrected chi connectivity index (χ0v) is 11.1. The molecule has 1 saturated heterocycles. The zero-order valence-electron chi connectivity index (χ0n) is 11.1. The lowest BCUT2D eigenvalue weighted by atomic mass is 10.1. The van der Waals surface area contributed by atoms with Crippen molar-refractivity contribution >= 4 is 22.5 Å². The van der Waals surface area contributed by atoms with Crippen LogP contribution in [0.2, 0.25) is 0 Å². The molecule has 2 atom stereocenters. The van der Waals surface area contributed by atoms with Gasteiger partial charge in [0.05, 0.1) is 35.7 Å². The Morgan fingerprint density at radius 3 is 3.05 bits per heavy atom. The number of nitrogen functional groups attached to an aromatic ring is 1. The third-order valence-corrected chi connectivity index (χ3v) is 3.44. The first-order chi connectivity index (χ1) is 9.56. The lowest BCUT2D eigenvalue weighted by Crippen LogP contribution is -2.48. The third kappa shape index (κ3) is 2.25. The smallest absolute Gasteiger partial charge is 0.408 e. The van der Waals surface area contributed by atoms with E-state index < -0.39 is 5.76 Å². The van der Waals surface area contributed by atoms with Gasteiger partial charge < -0.3 is 24.9 Å². The van der Waals surface area contributed by atoms with E-state index in [9.17, 15) is 9.90 Å². The molecule has 2 aromatic rings. The Morgan fingerprint density at radius 1 is 1.50 bits per heavy atom. The van der Waals surface area contributed by atoms with Gasteiger partial charge in [-0.3, -0.25) is 4.98 Å². The van der Waals surface area contributed by atoms with Crippen molar-refractivity contribution < 1.29 is 14.3 Å². The molecule has 7 nitrogen and oxygen atoms in total. The summed E-state index contributed by atoms with van der Waals surface area (Å²) >= 11 is 0. The van der Waals surface area contributed by atoms with E-state index in [1.165, 1.54) is 0 Å². The number of oxazole rings is 1. The molecule has 7 heteroatoms. The van der Waals surface area contributed by atoms with E-state index in [1.807, 2.05) is 6.92 Å². The highest BCUT2D eigenvalue weighted by Crippen LogP contribution is 2.30. The molecular weight excluding hydrogens is 262 g/mol. The van der Waals surface area contributed by atoms with Gasteiger partial charge in [-0.25, -0.2) is 4.79 Å². The van der Waals surface area contributed by atoms with E-state index in [-0.39, 0.29) is 18.8 Å². The minimum absolute atomic E-state index is 0.000560. The van der Waals surface area contributed by atoms with Gasteiger partial charge in [0.15, 0.2) is 5.58 Å². The minimum atomic E-state index is -0.500. The summed E-state index contributed by atoms with van der Waals surface area (Å²) in [4.78, 5) is 15.9. The monoisotopic (exact) mass is 279 g/mol. The molecule has 108 valence electrons. The molecule has 1 fully saturated rings. The van der Waals surface area contributed by atoms with Crippen molar-refractivity contribution in [1.82, 2.24) is 4.98 Å². The normalized spacial score (nSPS) is 23.4. The molecule has 20 heavy (non-hydrogen) atoms. The number of anilines is 2. The highest BCUT2D eigenvalue weighted by Gasteiger charge is 2.26. The summed E-state index contributed by atoms with van der Waals surface area (Å²) in [5.41, 5.74) is 8.43. The molecule has 1 aliphatic heterocycles. The second-order valence-corrected chi connectivity index (χ2v) is 5.08. The van der Waals surface area contributed by atoms with Crippen LogP contribution in [0.3, 0.4) is 0 Å². The number of morpholine rings is 1. The number of aromatic nitrogens is 1. The Morgan fingerprint density at radius 2 is 2.30 bits per heavy atom. The van der Waals surface area contributed by atoms with Gasteiger partial charge in [0.2, 0.25) is 0 Å². The Balaban J connectivity index is 1.99. The second-order valence-electron chi connectivity index (χ2n) is 5.08. The number of benzene rings is 1. The second kappa shape index (κ2) is 4.84. The molecule has 3 rings (SSSR count). The fourth-order valence-corrected chi connectivity index (χ4v) is 2.62. The zero-order chi connectivity index (χ0) is 14.3. The van der Waals surface area contributed by atoms with Crippen LogP contribution in [-0.4, -0.2) is 42.0 Å². The molecule has 0 aliphatic carbocycles. The fourth-order valence-electron chi connectivity index (χ4n) is 2.62. The predicted molar refractivity (Wildman–Crippen MR) is 74.9 cm³/mol. The third-order valence-electron chi connectivity index (χ3n) is 3.44. The first kappa shape index (κ1) is 13.0. The first-order valence-corrected chi connectivity index (χ1v) is 6.50. The number of ether oxygens (including phenoxy) is 1. The summed E-state index contributed by atoms with van der Waals surface area (Å²) in [5.74, 6) is -0.500. The number of H-pyrrole nitrogens is 1. The number of nitrogens with two attached hydrogens (primary N) is 1. The van der Waals surface area contributed by atoms with Crippen LogP contribution in [0.15, 0.2) is 21.3 Å². The van der Waals surface area contributed by atoms with Gasteiger partial charge in [0.25, 0.3) is 0 Å². The SMILES string of the molecule is CC1CN(c2cc3[nH]c(=O)oc3cc2N)CC(CO)O1. The van der Waals surface area contributed by atoms with Gasteiger partial charge in [0.1, 0.15) is 0 Å². The van der Waals surface area contributed by atoms with Gasteiger partial charge >= 0.3 is 5.76 Å². The summed E-state index contributed by atoms with van der Waals surface area (Å²) in [7, 11) is 0. The molecule has 1 aromatic carbocycles. The molecular formula is C13H17N3O4. The van der Waals surface area contributed by atoms with Crippen LogP contribution < -0.4 is 16.4 Å². The molecule has 4 N–H and O–H groups in total. The number of aromatic amines is 1. The molecule has 1 aliphatic rings. The van der Waals surface area contributed by atoms with Crippen molar-refractivity contribution in [3.63, 3.8) is 0 Å². The number of hydrogen-bond acceptors (Lipinski definition) is 6. The number of nitrogens with one attached hydrogen (secondary N) is 1. The molecule has 0 bridgehead atoms. The Hall–Kier alpha value is -1.99. The molecule has 0 radical (unpaired) electrons. The quantitative estimate of drug-likeness (QED) is 0.682. The maximum Gasteiger partial charge on any atom is 0.417 e. The summed E-state index contributed by atoms with van der Waals surface area (Å²) in [6, 6.07) is 3.43. The fraction of sp³-hybridized carbons (Fsp3) is 0.462. The first-order valence-electron chi connectivity index (χ1n) is 6.50. The van der Waals surface area contributed by atoms with Crippen molar-refractivity contribution in [3.05, 3.63) is 22.7 Å². The minimum Gasteiger partial charge on any atom is -0.408 e. The van der Waals surface area contributed by atoms with Crippen molar-refractivity contribution in [2.24, 2.45) is 0 Å². The van der Waals surface area contributed by atoms with Crippen LogP contribution in [0.25, 0.3) is 11.1 Å². The lowest BCUT2D eigenvalue weighted by Gasteiger charge is -2.38. The van der Waals surface area contributed by atoms with Crippen molar-refractivity contribution in [2.45, 2.75) is 19.1 Å². The highest BCUT2D eigenvalue weighted by atomic mass is 16.5. The Bertz CT molecular complexity index is 678. The predicted octanol–water partition coefficient (Wildman–Crippen LogP) is 0.289. The molecule has 0 saturated carbocycles. The highest BCUT2D eigenvalue weighted by molar-refractivity contribution is 5.85. The van der Waals surface area contributed by atoms with Gasteiger partial charge in [-0.2, -0.15) is 0 Å². The van der Waals surface area contributed by atoms with Crippen LogP contribution in [0.1, 0.15) is 6.92 Å². The van der Waals surface area contributed by atoms with Crippen LogP contribution in [0.5, 0.6) is 0 Å². The summed E-state index contributed by atoms with van der Waals surface area (Å²) in [6.07, 6.45) is -0.239. The van der Waals surface area contributed by atoms with E-state index in [0.29, 0.717) is 29.9 Å². The van der Waals surface area contributed by atoms with E-state index >= 15 is 0 Å². The number of aliphatic hydroxyl groups excluding tert-OH is 1. The van der Waals surface area contributed by atoms with Crippen LogP contribution in [0.4, 0.5) is 11.4 Å². The molecule has 2 unspecified atom stereocenters. The van der Waals surface area contributed by atoms with Gasteiger partial charge in [-0.15, -0.1) is 0 Å². The standard InChI is InChI=1S/C13H17N3O4/c1-7-4-16(5-8(6-17)19-7)11-3-10-12(2-9(11)14)20-13(18)15-10/h2-3,7-8,17H,4-6,14H2,1H3,(H,15,18). The van der Waals surface area contributed by atoms with Crippen LogP contribution in [-0.2, 0) is 4.74 Å². The number of rotatable bonds is 2. The van der Waals surface area contributed by atoms with Gasteiger partial charge in [-0.05, 0) is 13.0 Å². The average Bonchev–Trinajstić information content (AvgIpc) is 2.76. The molecule has 2 heterocycles. The molecule has 1 aromatic heterocycles. The van der Waals surface area contributed by atoms with Crippen LogP contribution >= 0.6 is 0 Å². The summed E-state index contributed by atoms with van der Waals surface area (Å²) in [6.45, 7) is 3.14. The number of aliphatic hydroxyl groups is 1. The average molecular weight is 279 g/mol. The Kier molecular flexibility index (Phi) is 3.15. The maximum atomic E-state index is 11.2. The Labute approximate surface area is 114 Å². The van der Waals surface area contributed by atoms with Crippen LogP contribution in [0, 0.1) is 0 Å².